The number of H-pyrrole nitrogens is 2. The minimum atomic E-state index is -1.23. The molecule has 5 N–H and O–H groups in total. The van der Waals surface area contributed by atoms with Crippen LogP contribution in [0.5, 0.6) is 0 Å². The Hall–Kier alpha value is -5.74. The minimum Gasteiger partial charge on any atom is -0.465 e. The number of imidazole rings is 2. The Morgan fingerprint density at radius 2 is 1.30 bits per heavy atom. The number of methoxy groups -OCH3 is 1. The zero-order valence-corrected chi connectivity index (χ0v) is 34.9. The molecule has 3 aliphatic heterocycles. The molecule has 16 heteroatoms. The van der Waals surface area contributed by atoms with Crippen molar-refractivity contribution in [3.63, 3.8) is 0 Å². The Balaban J connectivity index is 1.08. The Bertz CT molecular complexity index is 2130. The summed E-state index contributed by atoms with van der Waals surface area (Å²) in [6.07, 6.45) is 3.89. The molecule has 7 rings (SSSR count). The van der Waals surface area contributed by atoms with Crippen molar-refractivity contribution in [3.05, 3.63) is 72.1 Å². The van der Waals surface area contributed by atoms with E-state index >= 15 is 0 Å². The zero-order valence-electron chi connectivity index (χ0n) is 34.9. The Kier molecular flexibility index (Phi) is 13.2. The fraction of sp³-hybridized carbons (Fsp3) is 0.500. The molecule has 2 aromatic heterocycles. The monoisotopic (exact) mass is 824 g/mol. The smallest absolute Gasteiger partial charge is 0.407 e. The fourth-order valence-electron chi connectivity index (χ4n) is 8.44. The number of nitrogens with zero attached hydrogens (tertiary/aromatic N) is 4. The number of carbonyl (C=O) groups is 4. The summed E-state index contributed by atoms with van der Waals surface area (Å²) in [5.74, 6) is 0.621. The lowest BCUT2D eigenvalue weighted by atomic mass is 10.00. The zero-order chi connectivity index (χ0) is 42.5. The molecule has 4 atom stereocenters. The van der Waals surface area contributed by atoms with E-state index in [0.717, 1.165) is 65.0 Å². The average Bonchev–Trinajstić information content (AvgIpc) is 4.09. The highest BCUT2D eigenvalue weighted by molar-refractivity contribution is 5.87. The van der Waals surface area contributed by atoms with Gasteiger partial charge in [-0.05, 0) is 60.6 Å². The quantitative estimate of drug-likeness (QED) is 0.0999. The van der Waals surface area contributed by atoms with Gasteiger partial charge in [0.1, 0.15) is 23.7 Å². The number of nitrogens with one attached hydrogen (secondary N) is 4. The van der Waals surface area contributed by atoms with Crippen LogP contribution >= 0.6 is 0 Å². The molecule has 320 valence electrons. The number of carbonyl (C=O) groups excluding carboxylic acids is 3. The first kappa shape index (κ1) is 42.4. The van der Waals surface area contributed by atoms with Crippen molar-refractivity contribution < 1.29 is 38.5 Å². The summed E-state index contributed by atoms with van der Waals surface area (Å²) >= 11 is 0. The largest absolute Gasteiger partial charge is 0.465 e. The number of hydrogen-bond donors (Lipinski definition) is 5. The van der Waals surface area contributed by atoms with Gasteiger partial charge in [-0.1, -0.05) is 76.2 Å². The van der Waals surface area contributed by atoms with Gasteiger partial charge < -0.3 is 49.7 Å². The number of alkyl carbamates (subject to hydrolysis) is 1. The first-order chi connectivity index (χ1) is 28.9. The van der Waals surface area contributed by atoms with E-state index in [2.05, 4.69) is 49.9 Å². The first-order valence-electron chi connectivity index (χ1n) is 20.9. The molecule has 0 aliphatic carbocycles. The Morgan fingerprint density at radius 1 is 0.767 bits per heavy atom. The molecule has 3 saturated heterocycles. The maximum atomic E-state index is 13.7. The SMILES string of the molecule is COC(=O)N[C@H](C(=O)N1CCCC1c1ncc(-c2ccc(-c3ccc(-c4nc([C@@H]5CCCN5C(=O)[C@@H](NC(=O)O)C(C)C)[nH]c4CC4OCCCO4)cc3)cc2)[nH]1)C(C)C. The van der Waals surface area contributed by atoms with Crippen LogP contribution in [-0.2, 0) is 30.2 Å². The van der Waals surface area contributed by atoms with Gasteiger partial charge >= 0.3 is 12.2 Å². The highest BCUT2D eigenvalue weighted by Gasteiger charge is 2.39. The second-order valence-corrected chi connectivity index (χ2v) is 16.4. The van der Waals surface area contributed by atoms with Gasteiger partial charge in [0.15, 0.2) is 6.29 Å². The van der Waals surface area contributed by atoms with Gasteiger partial charge in [-0.3, -0.25) is 9.59 Å². The second kappa shape index (κ2) is 18.7. The number of aromatic nitrogens is 4. The lowest BCUT2D eigenvalue weighted by Crippen LogP contribution is -2.51. The number of aromatic amines is 2. The molecule has 1 unspecified atom stereocenters. The number of hydrogen-bond acceptors (Lipinski definition) is 9. The highest BCUT2D eigenvalue weighted by atomic mass is 16.7. The van der Waals surface area contributed by atoms with Crippen LogP contribution in [0.25, 0.3) is 33.6 Å². The van der Waals surface area contributed by atoms with E-state index in [1.165, 1.54) is 7.11 Å². The van der Waals surface area contributed by atoms with E-state index in [1.807, 2.05) is 52.0 Å². The molecule has 16 nitrogen and oxygen atoms in total. The van der Waals surface area contributed by atoms with Gasteiger partial charge in [0.25, 0.3) is 0 Å². The lowest BCUT2D eigenvalue weighted by molar-refractivity contribution is -0.177. The van der Waals surface area contributed by atoms with Crippen molar-refractivity contribution in [2.45, 2.75) is 96.7 Å². The minimum absolute atomic E-state index is 0.117. The predicted octanol–water partition coefficient (Wildman–Crippen LogP) is 6.44. The standard InChI is InChI=1S/C44H56N8O8/c1-25(2)36(49-43(55)56)41(53)52-20-7-10-34(52)40-46-31(23-35-59-21-8-22-60-35)38(48-40)30-17-13-28(14-18-30)27-11-15-29(16-12-27)32-24-45-39(47-32)33-9-6-19-51(33)42(54)37(26(3)4)50-44(57)58-5/h11-18,24-26,33-37,49H,6-10,19-23H2,1-5H3,(H,45,47)(H,46,48)(H,50,57)(H,55,56)/t33?,34-,36-,37-/m0/s1. The summed E-state index contributed by atoms with van der Waals surface area (Å²) in [4.78, 5) is 71.1. The van der Waals surface area contributed by atoms with Crippen molar-refractivity contribution in [1.82, 2.24) is 40.4 Å². The highest BCUT2D eigenvalue weighted by Crippen LogP contribution is 2.36. The predicted molar refractivity (Wildman–Crippen MR) is 222 cm³/mol. The van der Waals surface area contributed by atoms with Gasteiger partial charge in [0.05, 0.1) is 50.0 Å². The van der Waals surface area contributed by atoms with Crippen LogP contribution in [0.15, 0.2) is 54.7 Å². The molecule has 60 heavy (non-hydrogen) atoms. The van der Waals surface area contributed by atoms with E-state index in [9.17, 15) is 24.3 Å². The molecular weight excluding hydrogens is 769 g/mol. The van der Waals surface area contributed by atoms with E-state index in [1.54, 1.807) is 16.0 Å². The molecule has 0 spiro atoms. The lowest BCUT2D eigenvalue weighted by Gasteiger charge is -2.30. The van der Waals surface area contributed by atoms with Crippen molar-refractivity contribution in [1.29, 1.82) is 0 Å². The van der Waals surface area contributed by atoms with E-state index < -0.39 is 30.6 Å². The normalized spacial score (nSPS) is 19.4. The molecule has 4 aromatic rings. The maximum absolute atomic E-state index is 13.7. The molecule has 2 aromatic carbocycles. The van der Waals surface area contributed by atoms with Crippen molar-refractivity contribution >= 4 is 24.0 Å². The average molecular weight is 825 g/mol. The van der Waals surface area contributed by atoms with E-state index in [-0.39, 0.29) is 35.7 Å². The van der Waals surface area contributed by atoms with Crippen LogP contribution in [0.3, 0.4) is 0 Å². The Morgan fingerprint density at radius 3 is 1.85 bits per heavy atom. The van der Waals surface area contributed by atoms with Crippen molar-refractivity contribution in [3.8, 4) is 33.6 Å². The van der Waals surface area contributed by atoms with Gasteiger partial charge in [0.2, 0.25) is 11.8 Å². The van der Waals surface area contributed by atoms with Crippen LogP contribution in [-0.4, -0.2) is 111 Å². The summed E-state index contributed by atoms with van der Waals surface area (Å²) < 4.78 is 16.6. The summed E-state index contributed by atoms with van der Waals surface area (Å²) in [6, 6.07) is 14.3. The van der Waals surface area contributed by atoms with Gasteiger partial charge in [-0.15, -0.1) is 0 Å². The molecule has 3 aliphatic rings. The molecule has 0 radical (unpaired) electrons. The number of amides is 4. The van der Waals surface area contributed by atoms with E-state index in [0.29, 0.717) is 50.8 Å². The van der Waals surface area contributed by atoms with Crippen molar-refractivity contribution in [2.24, 2.45) is 11.8 Å². The molecule has 5 heterocycles. The molecule has 0 bridgehead atoms. The maximum Gasteiger partial charge on any atom is 0.407 e. The summed E-state index contributed by atoms with van der Waals surface area (Å²) in [7, 11) is 1.29. The van der Waals surface area contributed by atoms with Gasteiger partial charge in [0, 0.05) is 30.8 Å². The summed E-state index contributed by atoms with van der Waals surface area (Å²) in [6.45, 7) is 9.78. The van der Waals surface area contributed by atoms with Crippen molar-refractivity contribution in [2.75, 3.05) is 33.4 Å². The molecule has 3 fully saturated rings. The second-order valence-electron chi connectivity index (χ2n) is 16.4. The number of benzene rings is 2. The third-order valence-electron chi connectivity index (χ3n) is 11.7. The molecular formula is C44H56N8O8. The number of rotatable bonds is 13. The molecule has 0 saturated carbocycles. The summed E-state index contributed by atoms with van der Waals surface area (Å²) in [5, 5.41) is 14.5. The van der Waals surface area contributed by atoms with Crippen LogP contribution in [0, 0.1) is 11.8 Å². The summed E-state index contributed by atoms with van der Waals surface area (Å²) in [5.41, 5.74) is 6.34. The van der Waals surface area contributed by atoms with Crippen LogP contribution in [0.1, 0.15) is 89.2 Å². The Labute approximate surface area is 349 Å². The third-order valence-corrected chi connectivity index (χ3v) is 11.7. The number of carboxylic acid groups (broad SMARTS) is 1. The first-order valence-corrected chi connectivity index (χ1v) is 20.9. The van der Waals surface area contributed by atoms with Crippen LogP contribution < -0.4 is 10.6 Å². The third kappa shape index (κ3) is 9.34. The van der Waals surface area contributed by atoms with Gasteiger partial charge in [-0.25, -0.2) is 19.6 Å². The van der Waals surface area contributed by atoms with Crippen LogP contribution in [0.2, 0.25) is 0 Å². The number of ether oxygens (including phenoxy) is 3. The van der Waals surface area contributed by atoms with Gasteiger partial charge in [-0.2, -0.15) is 0 Å². The number of likely N-dealkylation sites (tertiary alicyclic amines) is 2. The topological polar surface area (TPSA) is 204 Å². The fourth-order valence-corrected chi connectivity index (χ4v) is 8.44. The molecule has 4 amide bonds. The van der Waals surface area contributed by atoms with E-state index in [4.69, 9.17) is 19.2 Å². The van der Waals surface area contributed by atoms with Crippen LogP contribution in [0.4, 0.5) is 9.59 Å².